The van der Waals surface area contributed by atoms with Crippen LogP contribution in [0.3, 0.4) is 0 Å². The van der Waals surface area contributed by atoms with Crippen LogP contribution in [0.15, 0.2) is 75.9 Å². The maximum absolute atomic E-state index is 13.8. The van der Waals surface area contributed by atoms with Crippen LogP contribution in [-0.2, 0) is 0 Å². The van der Waals surface area contributed by atoms with Crippen molar-refractivity contribution in [3.8, 4) is 17.2 Å². The number of rotatable bonds is 8. The first kappa shape index (κ1) is 23.5. The minimum Gasteiger partial charge on any atom is -0.497 e. The van der Waals surface area contributed by atoms with Gasteiger partial charge in [0.25, 0.3) is 5.91 Å². The Morgan fingerprint density at radius 3 is 2.42 bits per heavy atom. The van der Waals surface area contributed by atoms with Crippen LogP contribution in [0.1, 0.15) is 48.0 Å². The average Bonchev–Trinajstić information content (AvgIpc) is 3.20. The van der Waals surface area contributed by atoms with Crippen molar-refractivity contribution in [2.45, 2.75) is 26.3 Å². The largest absolute Gasteiger partial charge is 0.497 e. The lowest BCUT2D eigenvalue weighted by molar-refractivity contribution is 0.0971. The molecule has 0 bridgehead atoms. The zero-order valence-electron chi connectivity index (χ0n) is 20.4. The number of anilines is 1. The molecule has 0 N–H and O–H groups in total. The Kier molecular flexibility index (Phi) is 6.38. The number of hydrogen-bond acceptors (Lipinski definition) is 6. The molecule has 0 saturated heterocycles. The van der Waals surface area contributed by atoms with Gasteiger partial charge >= 0.3 is 0 Å². The van der Waals surface area contributed by atoms with Gasteiger partial charge in [0.2, 0.25) is 5.76 Å². The van der Waals surface area contributed by atoms with Crippen molar-refractivity contribution in [2.75, 3.05) is 25.2 Å². The lowest BCUT2D eigenvalue weighted by Crippen LogP contribution is -2.29. The summed E-state index contributed by atoms with van der Waals surface area (Å²) < 4.78 is 23.1. The van der Waals surface area contributed by atoms with Gasteiger partial charge < -0.3 is 18.6 Å². The van der Waals surface area contributed by atoms with E-state index in [0.29, 0.717) is 58.2 Å². The number of hydrogen-bond donors (Lipinski definition) is 0. The van der Waals surface area contributed by atoms with Crippen LogP contribution in [0.2, 0.25) is 0 Å². The van der Waals surface area contributed by atoms with Crippen LogP contribution in [0, 0.1) is 0 Å². The highest BCUT2D eigenvalue weighted by atomic mass is 16.5. The molecule has 4 aromatic rings. The third kappa shape index (κ3) is 3.96. The number of para-hydroxylation sites is 1. The van der Waals surface area contributed by atoms with Gasteiger partial charge in [-0.05, 0) is 67.4 Å². The number of amides is 1. The molecule has 3 aromatic carbocycles. The molecule has 36 heavy (non-hydrogen) atoms. The topological polar surface area (TPSA) is 78.2 Å². The van der Waals surface area contributed by atoms with Gasteiger partial charge in [-0.15, -0.1) is 0 Å². The fraction of sp³-hybridized carbons (Fsp3) is 0.241. The zero-order valence-corrected chi connectivity index (χ0v) is 20.4. The number of ether oxygens (including phenoxy) is 3. The molecule has 0 radical (unpaired) electrons. The number of carbonyl (C=O) groups is 1. The number of benzene rings is 3. The van der Waals surface area contributed by atoms with Gasteiger partial charge in [0.1, 0.15) is 11.3 Å². The highest BCUT2D eigenvalue weighted by molar-refractivity contribution is 6.10. The standard InChI is InChI=1S/C29H27NO6/c1-4-16-35-23-15-10-18(17-24(23)34-5-2)26-25-27(31)21-8-6-7-9-22(21)36-28(25)29(32)30(26)19-11-13-20(33-3)14-12-19/h6-15,17,26H,4-5,16H2,1-3H3. The average molecular weight is 486 g/mol. The summed E-state index contributed by atoms with van der Waals surface area (Å²) in [5.74, 6) is 1.50. The van der Waals surface area contributed by atoms with Crippen molar-refractivity contribution >= 4 is 22.6 Å². The molecule has 184 valence electrons. The molecule has 0 saturated carbocycles. The monoisotopic (exact) mass is 485 g/mol. The van der Waals surface area contributed by atoms with Gasteiger partial charge in [0, 0.05) is 5.69 Å². The van der Waals surface area contributed by atoms with Crippen LogP contribution < -0.4 is 24.5 Å². The minimum absolute atomic E-state index is 0.0452. The molecular formula is C29H27NO6. The summed E-state index contributed by atoms with van der Waals surface area (Å²) in [6, 6.07) is 18.9. The number of carbonyl (C=O) groups excluding carboxylic acids is 1. The number of fused-ring (bicyclic) bond motifs is 2. The van der Waals surface area contributed by atoms with E-state index in [9.17, 15) is 9.59 Å². The second-order valence-corrected chi connectivity index (χ2v) is 8.43. The Bertz CT molecular complexity index is 1470. The molecule has 1 aliphatic heterocycles. The smallest absolute Gasteiger partial charge is 0.295 e. The van der Waals surface area contributed by atoms with Crippen molar-refractivity contribution in [3.05, 3.63) is 93.8 Å². The maximum atomic E-state index is 13.8. The summed E-state index contributed by atoms with van der Waals surface area (Å²) in [5, 5.41) is 0.429. The lowest BCUT2D eigenvalue weighted by Gasteiger charge is -2.26. The molecule has 1 aromatic heterocycles. The Labute approximate surface area is 208 Å². The molecule has 5 rings (SSSR count). The van der Waals surface area contributed by atoms with Crippen LogP contribution in [-0.4, -0.2) is 26.2 Å². The third-order valence-electron chi connectivity index (χ3n) is 6.17. The van der Waals surface area contributed by atoms with Crippen LogP contribution in [0.4, 0.5) is 5.69 Å². The first-order valence-corrected chi connectivity index (χ1v) is 12.0. The summed E-state index contributed by atoms with van der Waals surface area (Å²) in [4.78, 5) is 29.1. The first-order valence-electron chi connectivity index (χ1n) is 12.0. The van der Waals surface area contributed by atoms with Crippen molar-refractivity contribution in [1.82, 2.24) is 0 Å². The summed E-state index contributed by atoms with van der Waals surface area (Å²) in [5.41, 5.74) is 1.78. The SMILES string of the molecule is CCCOc1ccc(C2c3c(oc4ccccc4c3=O)C(=O)N2c2ccc(OC)cc2)cc1OCC. The fourth-order valence-corrected chi connectivity index (χ4v) is 4.54. The molecule has 2 heterocycles. The Hall–Kier alpha value is -4.26. The van der Waals surface area contributed by atoms with E-state index in [1.54, 1.807) is 60.5 Å². The van der Waals surface area contributed by atoms with Crippen molar-refractivity contribution < 1.29 is 23.4 Å². The maximum Gasteiger partial charge on any atom is 0.295 e. The fourth-order valence-electron chi connectivity index (χ4n) is 4.54. The first-order chi connectivity index (χ1) is 17.6. The van der Waals surface area contributed by atoms with E-state index in [1.165, 1.54) is 0 Å². The van der Waals surface area contributed by atoms with Gasteiger partial charge in [-0.2, -0.15) is 0 Å². The van der Waals surface area contributed by atoms with Crippen molar-refractivity contribution in [3.63, 3.8) is 0 Å². The minimum atomic E-state index is -0.707. The van der Waals surface area contributed by atoms with E-state index in [4.69, 9.17) is 18.6 Å². The summed E-state index contributed by atoms with van der Waals surface area (Å²) in [6.07, 6.45) is 0.858. The Morgan fingerprint density at radius 2 is 1.69 bits per heavy atom. The van der Waals surface area contributed by atoms with Crippen LogP contribution in [0.25, 0.3) is 11.0 Å². The molecule has 1 amide bonds. The molecule has 0 fully saturated rings. The van der Waals surface area contributed by atoms with Gasteiger partial charge in [0.15, 0.2) is 16.9 Å². The molecule has 7 heteroatoms. The Morgan fingerprint density at radius 1 is 0.917 bits per heavy atom. The predicted octanol–water partition coefficient (Wildman–Crippen LogP) is 5.74. The summed E-state index contributed by atoms with van der Waals surface area (Å²) in [6.45, 7) is 4.93. The third-order valence-corrected chi connectivity index (χ3v) is 6.17. The van der Waals surface area contributed by atoms with Gasteiger partial charge in [-0.1, -0.05) is 25.1 Å². The van der Waals surface area contributed by atoms with E-state index in [1.807, 2.05) is 32.0 Å². The van der Waals surface area contributed by atoms with E-state index < -0.39 is 6.04 Å². The van der Waals surface area contributed by atoms with Gasteiger partial charge in [-0.3, -0.25) is 14.5 Å². The molecular weight excluding hydrogens is 458 g/mol. The molecule has 0 aliphatic carbocycles. The number of methoxy groups -OCH3 is 1. The predicted molar refractivity (Wildman–Crippen MR) is 138 cm³/mol. The highest BCUT2D eigenvalue weighted by Crippen LogP contribution is 2.43. The second-order valence-electron chi connectivity index (χ2n) is 8.43. The van der Waals surface area contributed by atoms with Crippen molar-refractivity contribution in [1.29, 1.82) is 0 Å². The van der Waals surface area contributed by atoms with E-state index in [0.717, 1.165) is 6.42 Å². The lowest BCUT2D eigenvalue weighted by atomic mass is 9.97. The summed E-state index contributed by atoms with van der Waals surface area (Å²) >= 11 is 0. The van der Waals surface area contributed by atoms with Gasteiger partial charge in [0.05, 0.1) is 37.3 Å². The molecule has 1 aliphatic rings. The highest BCUT2D eigenvalue weighted by Gasteiger charge is 2.44. The zero-order chi connectivity index (χ0) is 25.2. The quantitative estimate of drug-likeness (QED) is 0.317. The normalized spacial score (nSPS) is 14.7. The summed E-state index contributed by atoms with van der Waals surface area (Å²) in [7, 11) is 1.58. The molecule has 1 unspecified atom stereocenters. The van der Waals surface area contributed by atoms with Crippen molar-refractivity contribution in [2.24, 2.45) is 0 Å². The molecule has 7 nitrogen and oxygen atoms in total. The van der Waals surface area contributed by atoms with Crippen LogP contribution >= 0.6 is 0 Å². The van der Waals surface area contributed by atoms with Crippen LogP contribution in [0.5, 0.6) is 17.2 Å². The van der Waals surface area contributed by atoms with E-state index in [-0.39, 0.29) is 17.1 Å². The molecule has 0 spiro atoms. The van der Waals surface area contributed by atoms with E-state index >= 15 is 0 Å². The Balaban J connectivity index is 1.72. The second kappa shape index (κ2) is 9.77. The molecule has 1 atom stereocenters. The number of nitrogens with zero attached hydrogens (tertiary/aromatic N) is 1. The van der Waals surface area contributed by atoms with Gasteiger partial charge in [-0.25, -0.2) is 0 Å². The van der Waals surface area contributed by atoms with E-state index in [2.05, 4.69) is 0 Å².